The molecule has 0 fully saturated rings. The summed E-state index contributed by atoms with van der Waals surface area (Å²) in [5.74, 6) is -0.856. The predicted molar refractivity (Wildman–Crippen MR) is 207 cm³/mol. The molecule has 0 radical (unpaired) electrons. The molecular formula is C41H69O8P. The molecule has 2 atom stereocenters. The van der Waals surface area contributed by atoms with E-state index < -0.39 is 32.5 Å². The summed E-state index contributed by atoms with van der Waals surface area (Å²) in [4.78, 5) is 34.6. The standard InChI is InChI=1S/C41H69O8P/c1-4-7-9-11-13-15-17-18-19-20-21-22-23-24-26-28-30-32-34-36-41(43)49-39(38-48-50(44,45)47-6-3)37-46-40(42)35-33-31-29-27-25-16-14-12-10-8-5-2/h7,9,12-15,18-19,21-22,24,26,39H,4-6,8,10-11,16-17,20,23,25,27-38H2,1-3H3,(H,44,45)/b9-7-,14-12-,15-13-,19-18-,22-21-,26-24-. The Morgan fingerprint density at radius 3 is 1.58 bits per heavy atom. The summed E-state index contributed by atoms with van der Waals surface area (Å²) < 4.78 is 32.5. The number of allylic oxidation sites excluding steroid dienone is 12. The molecule has 0 rings (SSSR count). The Balaban J connectivity index is 4.24. The smallest absolute Gasteiger partial charge is 0.462 e. The number of unbranched alkanes of at least 4 members (excludes halogenated alkanes) is 10. The molecule has 0 saturated carbocycles. The van der Waals surface area contributed by atoms with Crippen LogP contribution in [-0.2, 0) is 32.7 Å². The van der Waals surface area contributed by atoms with Crippen LogP contribution in [0.25, 0.3) is 0 Å². The highest BCUT2D eigenvalue weighted by Gasteiger charge is 2.25. The molecule has 2 unspecified atom stereocenters. The van der Waals surface area contributed by atoms with Gasteiger partial charge in [-0.1, -0.05) is 125 Å². The van der Waals surface area contributed by atoms with E-state index >= 15 is 0 Å². The summed E-state index contributed by atoms with van der Waals surface area (Å²) in [6, 6.07) is 0. The Bertz CT molecular complexity index is 1040. The predicted octanol–water partition coefficient (Wildman–Crippen LogP) is 11.8. The van der Waals surface area contributed by atoms with Crippen LogP contribution in [-0.4, -0.2) is 42.8 Å². The molecule has 0 aliphatic rings. The van der Waals surface area contributed by atoms with Gasteiger partial charge in [-0.15, -0.1) is 0 Å². The number of hydrogen-bond acceptors (Lipinski definition) is 7. The van der Waals surface area contributed by atoms with Gasteiger partial charge >= 0.3 is 19.8 Å². The minimum Gasteiger partial charge on any atom is -0.462 e. The summed E-state index contributed by atoms with van der Waals surface area (Å²) in [6.07, 6.45) is 43.9. The van der Waals surface area contributed by atoms with Gasteiger partial charge in [-0.25, -0.2) is 4.57 Å². The minimum atomic E-state index is -4.29. The Morgan fingerprint density at radius 2 is 1.02 bits per heavy atom. The second kappa shape index (κ2) is 36.3. The van der Waals surface area contributed by atoms with Gasteiger partial charge in [0.2, 0.25) is 0 Å². The average molecular weight is 721 g/mol. The molecule has 0 spiro atoms. The highest BCUT2D eigenvalue weighted by Crippen LogP contribution is 2.43. The number of rotatable bonds is 34. The molecule has 286 valence electrons. The van der Waals surface area contributed by atoms with Crippen molar-refractivity contribution in [1.29, 1.82) is 0 Å². The summed E-state index contributed by atoms with van der Waals surface area (Å²) in [5.41, 5.74) is 0. The van der Waals surface area contributed by atoms with Crippen LogP contribution in [0.15, 0.2) is 72.9 Å². The van der Waals surface area contributed by atoms with Crippen LogP contribution in [0.3, 0.4) is 0 Å². The maximum absolute atomic E-state index is 12.5. The van der Waals surface area contributed by atoms with E-state index in [9.17, 15) is 19.0 Å². The Labute approximate surface area is 304 Å². The first-order chi connectivity index (χ1) is 24.3. The SMILES string of the molecule is CC/C=C\C/C=C\C/C=C\C/C=C\C/C=C\CCCCCC(=O)OC(COC(=O)CCCCCCC/C=C\CCCC)COP(=O)(O)OCC. The van der Waals surface area contributed by atoms with Crippen molar-refractivity contribution in [1.82, 2.24) is 0 Å². The van der Waals surface area contributed by atoms with E-state index in [1.165, 1.54) is 12.8 Å². The zero-order valence-corrected chi connectivity index (χ0v) is 32.4. The number of phosphoric ester groups is 1. The quantitative estimate of drug-likeness (QED) is 0.0303. The second-order valence-electron chi connectivity index (χ2n) is 12.2. The van der Waals surface area contributed by atoms with Gasteiger partial charge in [0.15, 0.2) is 6.10 Å². The van der Waals surface area contributed by atoms with Crippen LogP contribution < -0.4 is 0 Å². The van der Waals surface area contributed by atoms with Crippen LogP contribution in [0.5, 0.6) is 0 Å². The van der Waals surface area contributed by atoms with E-state index in [1.807, 2.05) is 0 Å². The van der Waals surface area contributed by atoms with Crippen molar-refractivity contribution in [2.24, 2.45) is 0 Å². The van der Waals surface area contributed by atoms with Crippen molar-refractivity contribution in [2.45, 2.75) is 155 Å². The van der Waals surface area contributed by atoms with Gasteiger partial charge in [-0.3, -0.25) is 18.6 Å². The van der Waals surface area contributed by atoms with E-state index in [2.05, 4.69) is 86.8 Å². The lowest BCUT2D eigenvalue weighted by molar-refractivity contribution is -0.161. The van der Waals surface area contributed by atoms with Crippen LogP contribution in [0.2, 0.25) is 0 Å². The third kappa shape index (κ3) is 35.3. The second-order valence-corrected chi connectivity index (χ2v) is 13.7. The topological polar surface area (TPSA) is 108 Å². The number of ether oxygens (including phenoxy) is 2. The fourth-order valence-electron chi connectivity index (χ4n) is 4.69. The lowest BCUT2D eigenvalue weighted by atomic mass is 10.1. The van der Waals surface area contributed by atoms with E-state index in [4.69, 9.17) is 18.5 Å². The molecule has 8 nitrogen and oxygen atoms in total. The first kappa shape index (κ1) is 47.5. The number of hydrogen-bond donors (Lipinski definition) is 1. The summed E-state index contributed by atoms with van der Waals surface area (Å²) in [6.45, 7) is 5.24. The van der Waals surface area contributed by atoms with E-state index in [0.717, 1.165) is 96.3 Å². The molecule has 9 heteroatoms. The molecule has 0 aromatic carbocycles. The van der Waals surface area contributed by atoms with Crippen LogP contribution in [0, 0.1) is 0 Å². The zero-order chi connectivity index (χ0) is 36.8. The molecule has 0 aromatic rings. The molecule has 0 bridgehead atoms. The Morgan fingerprint density at radius 1 is 0.560 bits per heavy atom. The van der Waals surface area contributed by atoms with Crippen molar-refractivity contribution >= 4 is 19.8 Å². The van der Waals surface area contributed by atoms with Crippen molar-refractivity contribution in [3.63, 3.8) is 0 Å². The first-order valence-corrected chi connectivity index (χ1v) is 20.7. The number of esters is 2. The van der Waals surface area contributed by atoms with Crippen molar-refractivity contribution in [2.75, 3.05) is 19.8 Å². The Kier molecular flexibility index (Phi) is 34.5. The highest BCUT2D eigenvalue weighted by atomic mass is 31.2. The number of carbonyl (C=O) groups excluding carboxylic acids is 2. The van der Waals surface area contributed by atoms with Gasteiger partial charge in [-0.2, -0.15) is 0 Å². The first-order valence-electron chi connectivity index (χ1n) is 19.2. The molecule has 50 heavy (non-hydrogen) atoms. The van der Waals surface area contributed by atoms with E-state index in [1.54, 1.807) is 6.92 Å². The fraction of sp³-hybridized carbons (Fsp3) is 0.659. The molecule has 0 aliphatic heterocycles. The van der Waals surface area contributed by atoms with Crippen molar-refractivity contribution in [3.8, 4) is 0 Å². The monoisotopic (exact) mass is 720 g/mol. The maximum Gasteiger partial charge on any atom is 0.472 e. The van der Waals surface area contributed by atoms with Gasteiger partial charge in [0, 0.05) is 12.8 Å². The molecule has 0 saturated heterocycles. The zero-order valence-electron chi connectivity index (χ0n) is 31.5. The number of phosphoric acid groups is 1. The van der Waals surface area contributed by atoms with E-state index in [-0.39, 0.29) is 26.1 Å². The summed E-state index contributed by atoms with van der Waals surface area (Å²) in [5, 5.41) is 0. The highest BCUT2D eigenvalue weighted by molar-refractivity contribution is 7.47. The van der Waals surface area contributed by atoms with Gasteiger partial charge in [0.1, 0.15) is 6.61 Å². The molecular weight excluding hydrogens is 651 g/mol. The van der Waals surface area contributed by atoms with Crippen LogP contribution >= 0.6 is 7.82 Å². The summed E-state index contributed by atoms with van der Waals surface area (Å²) in [7, 11) is -4.29. The number of carbonyl (C=O) groups is 2. The molecule has 0 aliphatic carbocycles. The molecule has 0 aromatic heterocycles. The maximum atomic E-state index is 12.5. The van der Waals surface area contributed by atoms with E-state index in [0.29, 0.717) is 6.42 Å². The lowest BCUT2D eigenvalue weighted by Crippen LogP contribution is -2.29. The Hall–Kier alpha value is -2.51. The molecule has 1 N–H and O–H groups in total. The van der Waals surface area contributed by atoms with Gasteiger partial charge in [-0.05, 0) is 84.0 Å². The van der Waals surface area contributed by atoms with Gasteiger partial charge < -0.3 is 14.4 Å². The third-order valence-corrected chi connectivity index (χ3v) is 8.56. The average Bonchev–Trinajstić information content (AvgIpc) is 3.09. The van der Waals surface area contributed by atoms with Crippen molar-refractivity contribution < 1.29 is 37.6 Å². The molecule has 0 heterocycles. The third-order valence-electron chi connectivity index (χ3n) is 7.50. The largest absolute Gasteiger partial charge is 0.472 e. The van der Waals surface area contributed by atoms with Crippen LogP contribution in [0.4, 0.5) is 0 Å². The van der Waals surface area contributed by atoms with Gasteiger partial charge in [0.25, 0.3) is 0 Å². The van der Waals surface area contributed by atoms with Crippen molar-refractivity contribution in [3.05, 3.63) is 72.9 Å². The minimum absolute atomic E-state index is 0.0114. The lowest BCUT2D eigenvalue weighted by Gasteiger charge is -2.19. The normalized spacial score (nSPS) is 14.2. The van der Waals surface area contributed by atoms with Crippen LogP contribution in [0.1, 0.15) is 149 Å². The summed E-state index contributed by atoms with van der Waals surface area (Å²) >= 11 is 0. The molecule has 0 amide bonds. The van der Waals surface area contributed by atoms with Gasteiger partial charge in [0.05, 0.1) is 13.2 Å². The fourth-order valence-corrected chi connectivity index (χ4v) is 5.45.